The zero-order valence-corrected chi connectivity index (χ0v) is 35.1. The minimum absolute atomic E-state index is 0.0212. The molecule has 3 aromatic heterocycles. The molecule has 0 radical (unpaired) electrons. The fourth-order valence-electron chi connectivity index (χ4n) is 9.30. The summed E-state index contributed by atoms with van der Waals surface area (Å²) < 4.78 is 34.7. The van der Waals surface area contributed by atoms with Gasteiger partial charge < -0.3 is 48.6 Å². The molecule has 0 bridgehead atoms. The number of aromatic amines is 2. The van der Waals surface area contributed by atoms with Gasteiger partial charge >= 0.3 is 6.09 Å². The molecule has 3 fully saturated rings. The number of H-pyrrole nitrogens is 2. The van der Waals surface area contributed by atoms with Gasteiger partial charge in [0.1, 0.15) is 29.3 Å². The third kappa shape index (κ3) is 7.93. The molecule has 3 atom stereocenters. The van der Waals surface area contributed by atoms with E-state index in [-0.39, 0.29) is 48.7 Å². The van der Waals surface area contributed by atoms with Gasteiger partial charge in [0.15, 0.2) is 28.7 Å². The van der Waals surface area contributed by atoms with E-state index in [1.165, 1.54) is 18.9 Å². The van der Waals surface area contributed by atoms with Crippen molar-refractivity contribution in [1.82, 2.24) is 40.1 Å². The normalized spacial score (nSPS) is 20.2. The average molecular weight is 860 g/mol. The number of aromatic nitrogens is 5. The second-order valence-electron chi connectivity index (χ2n) is 16.7. The Morgan fingerprint density at radius 1 is 0.905 bits per heavy atom. The zero-order valence-electron chi connectivity index (χ0n) is 35.1. The molecule has 0 spiro atoms. The van der Waals surface area contributed by atoms with Crippen molar-refractivity contribution in [2.45, 2.75) is 69.9 Å². The summed E-state index contributed by atoms with van der Waals surface area (Å²) in [4.78, 5) is 63.3. The molecule has 2 saturated carbocycles. The van der Waals surface area contributed by atoms with Crippen molar-refractivity contribution >= 4 is 34.7 Å². The topological polar surface area (TPSA) is 208 Å². The van der Waals surface area contributed by atoms with E-state index < -0.39 is 12.1 Å². The fourth-order valence-corrected chi connectivity index (χ4v) is 9.30. The zero-order chi connectivity index (χ0) is 43.0. The van der Waals surface area contributed by atoms with Gasteiger partial charge in [0, 0.05) is 49.3 Å². The summed E-state index contributed by atoms with van der Waals surface area (Å²) in [5, 5.41) is 9.56. The number of nitrogens with zero attached hydrogens (tertiary/aromatic N) is 6. The summed E-state index contributed by atoms with van der Waals surface area (Å²) in [5.41, 5.74) is 4.32. The number of fused-ring (bicyclic) bond motifs is 3. The molecular formula is C45H49N9O9. The number of piperidine rings is 1. The molecule has 2 aromatic carbocycles. The smallest absolute Gasteiger partial charge is 0.413 e. The Balaban J connectivity index is 0.849. The highest BCUT2D eigenvalue weighted by Crippen LogP contribution is 2.49. The fraction of sp³-hybridized carbons (Fsp3) is 0.444. The van der Waals surface area contributed by atoms with E-state index >= 15 is 0 Å². The Labute approximate surface area is 362 Å². The van der Waals surface area contributed by atoms with Crippen molar-refractivity contribution in [2.75, 3.05) is 40.7 Å². The number of carbonyl (C=O) groups is 3. The number of nitrogens with one attached hydrogen (secondary N) is 3. The van der Waals surface area contributed by atoms with Crippen LogP contribution in [0.5, 0.6) is 34.5 Å². The second kappa shape index (κ2) is 17.1. The number of likely N-dealkylation sites (tertiary alicyclic amines) is 1. The van der Waals surface area contributed by atoms with Crippen molar-refractivity contribution in [3.05, 3.63) is 66.6 Å². The summed E-state index contributed by atoms with van der Waals surface area (Å²) in [6.07, 6.45) is 12.4. The minimum Gasteiger partial charge on any atom is -0.493 e. The lowest BCUT2D eigenvalue weighted by molar-refractivity contribution is -0.143. The maximum Gasteiger partial charge on any atom is 0.413 e. The highest BCUT2D eigenvalue weighted by molar-refractivity contribution is 6.07. The Kier molecular flexibility index (Phi) is 10.9. The summed E-state index contributed by atoms with van der Waals surface area (Å²) >= 11 is 0. The van der Waals surface area contributed by atoms with Crippen LogP contribution in [0.4, 0.5) is 4.79 Å². The van der Waals surface area contributed by atoms with E-state index in [0.29, 0.717) is 95.2 Å². The molecule has 5 aromatic rings. The lowest BCUT2D eigenvalue weighted by atomic mass is 9.73. The van der Waals surface area contributed by atoms with Gasteiger partial charge in [-0.25, -0.2) is 24.8 Å². The largest absolute Gasteiger partial charge is 0.493 e. The summed E-state index contributed by atoms with van der Waals surface area (Å²) in [5.74, 6) is 3.18. The molecule has 328 valence electrons. The summed E-state index contributed by atoms with van der Waals surface area (Å²) in [7, 11) is 3.21. The Hall–Kier alpha value is -6.85. The predicted molar refractivity (Wildman–Crippen MR) is 227 cm³/mol. The molecule has 18 heteroatoms. The van der Waals surface area contributed by atoms with Crippen molar-refractivity contribution in [3.63, 3.8) is 0 Å². The van der Waals surface area contributed by atoms with Crippen LogP contribution < -0.4 is 33.7 Å². The molecule has 1 saturated heterocycles. The van der Waals surface area contributed by atoms with Gasteiger partial charge in [-0.15, -0.1) is 0 Å². The van der Waals surface area contributed by atoms with E-state index in [9.17, 15) is 14.4 Å². The Bertz CT molecular complexity index is 2550. The third-order valence-corrected chi connectivity index (χ3v) is 12.8. The first-order valence-electron chi connectivity index (χ1n) is 21.6. The van der Waals surface area contributed by atoms with Gasteiger partial charge in [-0.1, -0.05) is 12.8 Å². The van der Waals surface area contributed by atoms with E-state index in [1.807, 2.05) is 30.3 Å². The molecule has 10 rings (SSSR count). The van der Waals surface area contributed by atoms with Crippen molar-refractivity contribution in [3.8, 4) is 45.8 Å². The van der Waals surface area contributed by atoms with Crippen LogP contribution in [0.1, 0.15) is 62.6 Å². The lowest BCUT2D eigenvalue weighted by Gasteiger charge is -2.43. The van der Waals surface area contributed by atoms with Crippen LogP contribution in [0.3, 0.4) is 0 Å². The molecule has 0 unspecified atom stereocenters. The minimum atomic E-state index is -1.00. The standard InChI is InChI=1S/C45H49N9O9/c1-58-32-10-9-26(17-35(32)59-2)38-29-5-3-4-6-30(29)43(55)54(52-38)28-13-15-53(16-14-28)44(56)31(18-27-19-46-22-48-27)51-45(57)63-36-20-47-41-39(36)49-23-50-40(41)37-33(60-21-25-7-8-25)11-12-34-42(37)62-24-61-34/h9-12,17,19-20,22-23,25,28-31,47H,3-8,13-16,18,21,24H2,1-2H3,(H,46,48)(H,51,57)/t29-,30+,31+/m0/s1. The van der Waals surface area contributed by atoms with Gasteiger partial charge in [-0.05, 0) is 74.8 Å². The molecule has 3 aliphatic heterocycles. The summed E-state index contributed by atoms with van der Waals surface area (Å²) in [6.45, 7) is 1.37. The number of imidazole rings is 1. The maximum absolute atomic E-state index is 14.3. The average Bonchev–Trinajstić information content (AvgIpc) is 3.60. The summed E-state index contributed by atoms with van der Waals surface area (Å²) in [6, 6.07) is 8.24. The number of hydrogen-bond acceptors (Lipinski definition) is 13. The van der Waals surface area contributed by atoms with Crippen LogP contribution in [0.2, 0.25) is 0 Å². The first kappa shape index (κ1) is 40.2. The predicted octanol–water partition coefficient (Wildman–Crippen LogP) is 5.63. The first-order valence-corrected chi connectivity index (χ1v) is 21.6. The van der Waals surface area contributed by atoms with Crippen LogP contribution in [-0.4, -0.2) is 111 Å². The van der Waals surface area contributed by atoms with Gasteiger partial charge in [-0.2, -0.15) is 5.10 Å². The van der Waals surface area contributed by atoms with Crippen molar-refractivity contribution in [1.29, 1.82) is 0 Å². The van der Waals surface area contributed by atoms with Crippen LogP contribution in [-0.2, 0) is 16.0 Å². The van der Waals surface area contributed by atoms with E-state index in [1.54, 1.807) is 30.3 Å². The first-order chi connectivity index (χ1) is 30.9. The number of rotatable bonds is 13. The van der Waals surface area contributed by atoms with E-state index in [0.717, 1.165) is 49.8 Å². The molecule has 5 aliphatic rings. The molecule has 6 heterocycles. The number of benzene rings is 2. The van der Waals surface area contributed by atoms with Crippen LogP contribution in [0.15, 0.2) is 60.5 Å². The maximum atomic E-state index is 14.3. The quantitative estimate of drug-likeness (QED) is 0.132. The monoisotopic (exact) mass is 859 g/mol. The molecule has 63 heavy (non-hydrogen) atoms. The van der Waals surface area contributed by atoms with Crippen LogP contribution >= 0.6 is 0 Å². The third-order valence-electron chi connectivity index (χ3n) is 12.8. The van der Waals surface area contributed by atoms with Gasteiger partial charge in [0.25, 0.3) is 0 Å². The van der Waals surface area contributed by atoms with Gasteiger partial charge in [0.2, 0.25) is 18.6 Å². The lowest BCUT2D eigenvalue weighted by Crippen LogP contribution is -2.56. The highest BCUT2D eigenvalue weighted by atomic mass is 16.7. The number of amides is 3. The molecular weight excluding hydrogens is 811 g/mol. The van der Waals surface area contributed by atoms with E-state index in [4.69, 9.17) is 33.5 Å². The molecule has 3 amide bonds. The van der Waals surface area contributed by atoms with Crippen molar-refractivity contribution in [2.24, 2.45) is 22.9 Å². The number of hydrazone groups is 1. The Morgan fingerprint density at radius 2 is 1.71 bits per heavy atom. The number of ether oxygens (including phenoxy) is 6. The Morgan fingerprint density at radius 3 is 2.49 bits per heavy atom. The van der Waals surface area contributed by atoms with E-state index in [2.05, 4.69) is 30.2 Å². The number of methoxy groups -OCH3 is 2. The molecule has 2 aliphatic carbocycles. The van der Waals surface area contributed by atoms with Gasteiger partial charge in [0.05, 0.1) is 55.7 Å². The molecule has 18 nitrogen and oxygen atoms in total. The SMILES string of the molecule is COc1ccc(C2=NN(C3CCN(C(=O)[C@@H](Cc4c[nH]cn4)NC(=O)Oc4c[nH]c5c(-c6c(OCC7CC7)ccc7c6OCO7)ncnc45)CC3)C(=O)[C@@H]3CCCC[C@H]23)cc1OC. The van der Waals surface area contributed by atoms with Crippen molar-refractivity contribution < 1.29 is 42.8 Å². The van der Waals surface area contributed by atoms with Crippen LogP contribution in [0.25, 0.3) is 22.3 Å². The molecule has 3 N–H and O–H groups in total. The number of hydrogen-bond donors (Lipinski definition) is 3. The second-order valence-corrected chi connectivity index (χ2v) is 16.7. The van der Waals surface area contributed by atoms with Crippen LogP contribution in [0, 0.1) is 17.8 Å². The highest BCUT2D eigenvalue weighted by Gasteiger charge is 2.44. The number of carbonyl (C=O) groups excluding carboxylic acids is 3. The van der Waals surface area contributed by atoms with Gasteiger partial charge in [-0.3, -0.25) is 9.59 Å².